The number of nitrogens with zero attached hydrogens (tertiary/aromatic N) is 3. The van der Waals surface area contributed by atoms with Crippen LogP contribution in [0.15, 0.2) is 41.3 Å². The van der Waals surface area contributed by atoms with Gasteiger partial charge in [-0.1, -0.05) is 32.0 Å². The van der Waals surface area contributed by atoms with Crippen LogP contribution in [0, 0.1) is 39.4 Å². The van der Waals surface area contributed by atoms with Gasteiger partial charge >= 0.3 is 5.97 Å². The molecule has 3 aromatic rings. The Morgan fingerprint density at radius 1 is 1.08 bits per heavy atom. The van der Waals surface area contributed by atoms with Crippen molar-refractivity contribution < 1.29 is 19.1 Å². The van der Waals surface area contributed by atoms with E-state index in [1.807, 2.05) is 45.9 Å². The molecule has 0 aliphatic heterocycles. The van der Waals surface area contributed by atoms with Crippen molar-refractivity contribution in [2.24, 2.45) is 5.92 Å². The second-order valence-corrected chi connectivity index (χ2v) is 9.85. The monoisotopic (exact) mass is 508 g/mol. The summed E-state index contributed by atoms with van der Waals surface area (Å²) in [6.07, 6.45) is 1.28. The van der Waals surface area contributed by atoms with Crippen molar-refractivity contribution in [1.29, 1.82) is 0 Å². The minimum Gasteiger partial charge on any atom is -0.481 e. The number of carboxylic acids is 1. The van der Waals surface area contributed by atoms with Gasteiger partial charge in [0.2, 0.25) is 5.91 Å². The third-order valence-electron chi connectivity index (χ3n) is 6.21. The number of amides is 1. The standard InChI is InChI=1S/C28H33FN4O4/c1-15(2)12-21(33-11-10-16(3)13-22(33)34)28(37)31-20(14-23(35)36)26-25(29)19(6)30-27(32-26)24-17(4)8-7-9-18(24)5/h7-11,13,15,20-21H,12,14H2,1-6H3,(H,31,37)(H,35,36)/t20-,21-/m1/s1. The molecule has 2 aromatic heterocycles. The molecule has 37 heavy (non-hydrogen) atoms. The minimum atomic E-state index is -1.27. The van der Waals surface area contributed by atoms with Gasteiger partial charge in [0, 0.05) is 17.8 Å². The number of aromatic nitrogens is 3. The number of halogens is 1. The van der Waals surface area contributed by atoms with Crippen molar-refractivity contribution in [3.05, 3.63) is 80.8 Å². The molecule has 0 spiro atoms. The van der Waals surface area contributed by atoms with Gasteiger partial charge in [-0.15, -0.1) is 0 Å². The van der Waals surface area contributed by atoms with Gasteiger partial charge in [-0.25, -0.2) is 14.4 Å². The molecule has 2 N–H and O–H groups in total. The van der Waals surface area contributed by atoms with E-state index in [0.717, 1.165) is 22.3 Å². The Morgan fingerprint density at radius 2 is 1.73 bits per heavy atom. The average Bonchev–Trinajstić information content (AvgIpc) is 2.79. The third-order valence-corrected chi connectivity index (χ3v) is 6.21. The first kappa shape index (κ1) is 27.7. The number of carbonyl (C=O) groups excluding carboxylic acids is 1. The Labute approximate surface area is 215 Å². The van der Waals surface area contributed by atoms with Crippen LogP contribution in [0.3, 0.4) is 0 Å². The van der Waals surface area contributed by atoms with Crippen LogP contribution in [0.5, 0.6) is 0 Å². The minimum absolute atomic E-state index is 0.0424. The highest BCUT2D eigenvalue weighted by Gasteiger charge is 2.30. The van der Waals surface area contributed by atoms with Crippen molar-refractivity contribution in [1.82, 2.24) is 19.9 Å². The summed E-state index contributed by atoms with van der Waals surface area (Å²) in [7, 11) is 0. The molecular weight excluding hydrogens is 475 g/mol. The summed E-state index contributed by atoms with van der Waals surface area (Å²) in [4.78, 5) is 46.7. The summed E-state index contributed by atoms with van der Waals surface area (Å²) in [5, 5.41) is 12.3. The maximum atomic E-state index is 15.4. The molecule has 0 aliphatic carbocycles. The molecule has 3 rings (SSSR count). The van der Waals surface area contributed by atoms with E-state index in [9.17, 15) is 19.5 Å². The highest BCUT2D eigenvalue weighted by Crippen LogP contribution is 2.29. The summed E-state index contributed by atoms with van der Waals surface area (Å²) in [6.45, 7) is 10.9. The predicted octanol–water partition coefficient (Wildman–Crippen LogP) is 4.60. The van der Waals surface area contributed by atoms with Crippen molar-refractivity contribution >= 4 is 11.9 Å². The number of rotatable bonds is 9. The zero-order chi connectivity index (χ0) is 27.4. The highest BCUT2D eigenvalue weighted by molar-refractivity contribution is 5.81. The molecule has 9 heteroatoms. The van der Waals surface area contributed by atoms with E-state index in [1.54, 1.807) is 19.2 Å². The van der Waals surface area contributed by atoms with Crippen LogP contribution < -0.4 is 10.9 Å². The van der Waals surface area contributed by atoms with Crippen LogP contribution in [0.1, 0.15) is 66.9 Å². The lowest BCUT2D eigenvalue weighted by Crippen LogP contribution is -2.40. The van der Waals surface area contributed by atoms with Crippen molar-refractivity contribution in [2.75, 3.05) is 0 Å². The van der Waals surface area contributed by atoms with Gasteiger partial charge in [-0.05, 0) is 62.8 Å². The Balaban J connectivity index is 2.09. The van der Waals surface area contributed by atoms with Gasteiger partial charge in [0.05, 0.1) is 18.2 Å². The van der Waals surface area contributed by atoms with Crippen LogP contribution in [-0.4, -0.2) is 31.5 Å². The van der Waals surface area contributed by atoms with Gasteiger partial charge in [0.25, 0.3) is 5.56 Å². The van der Waals surface area contributed by atoms with Crippen LogP contribution in [0.4, 0.5) is 4.39 Å². The second-order valence-electron chi connectivity index (χ2n) is 9.85. The van der Waals surface area contributed by atoms with Gasteiger partial charge in [0.1, 0.15) is 11.7 Å². The summed E-state index contributed by atoms with van der Waals surface area (Å²) in [5.74, 6) is -2.30. The lowest BCUT2D eigenvalue weighted by Gasteiger charge is -2.25. The number of carbonyl (C=O) groups is 2. The molecule has 0 fully saturated rings. The summed E-state index contributed by atoms with van der Waals surface area (Å²) < 4.78 is 16.7. The van der Waals surface area contributed by atoms with Crippen LogP contribution in [0.25, 0.3) is 11.4 Å². The molecular formula is C28H33FN4O4. The predicted molar refractivity (Wildman–Crippen MR) is 139 cm³/mol. The number of hydrogen-bond donors (Lipinski definition) is 2. The fourth-order valence-corrected chi connectivity index (χ4v) is 4.39. The Bertz CT molecular complexity index is 1360. The van der Waals surface area contributed by atoms with E-state index in [-0.39, 0.29) is 28.7 Å². The Kier molecular flexibility index (Phi) is 8.57. The number of aliphatic carboxylic acids is 1. The van der Waals surface area contributed by atoms with Crippen molar-refractivity contribution in [3.8, 4) is 11.4 Å². The van der Waals surface area contributed by atoms with Crippen LogP contribution >= 0.6 is 0 Å². The first-order valence-corrected chi connectivity index (χ1v) is 12.2. The summed E-state index contributed by atoms with van der Waals surface area (Å²) in [5.41, 5.74) is 2.72. The number of benzene rings is 1. The van der Waals surface area contributed by atoms with Crippen molar-refractivity contribution in [3.63, 3.8) is 0 Å². The molecule has 0 bridgehead atoms. The molecule has 196 valence electrons. The number of nitrogens with one attached hydrogen (secondary N) is 1. The van der Waals surface area contributed by atoms with E-state index in [0.29, 0.717) is 6.42 Å². The normalized spacial score (nSPS) is 12.9. The smallest absolute Gasteiger partial charge is 0.305 e. The van der Waals surface area contributed by atoms with E-state index in [1.165, 1.54) is 17.6 Å². The van der Waals surface area contributed by atoms with E-state index in [2.05, 4.69) is 15.3 Å². The lowest BCUT2D eigenvalue weighted by atomic mass is 10.00. The fourth-order valence-electron chi connectivity index (χ4n) is 4.39. The topological polar surface area (TPSA) is 114 Å². The van der Waals surface area contributed by atoms with E-state index in [4.69, 9.17) is 0 Å². The molecule has 0 unspecified atom stereocenters. The van der Waals surface area contributed by atoms with Gasteiger partial charge in [0.15, 0.2) is 11.6 Å². The lowest BCUT2D eigenvalue weighted by molar-refractivity contribution is -0.138. The Morgan fingerprint density at radius 3 is 2.30 bits per heavy atom. The average molecular weight is 509 g/mol. The SMILES string of the molecule is Cc1ccn([C@H](CC(C)C)C(=O)N[C@H](CC(=O)O)c2nc(-c3c(C)cccc3C)nc(C)c2F)c(=O)c1. The molecule has 2 heterocycles. The van der Waals surface area contributed by atoms with Gasteiger partial charge in [-0.3, -0.25) is 14.4 Å². The molecule has 0 radical (unpaired) electrons. The molecule has 0 saturated heterocycles. The highest BCUT2D eigenvalue weighted by atomic mass is 19.1. The molecule has 8 nitrogen and oxygen atoms in total. The largest absolute Gasteiger partial charge is 0.481 e. The maximum Gasteiger partial charge on any atom is 0.305 e. The van der Waals surface area contributed by atoms with Crippen molar-refractivity contribution in [2.45, 2.75) is 66.5 Å². The van der Waals surface area contributed by atoms with Crippen LogP contribution in [-0.2, 0) is 9.59 Å². The zero-order valence-corrected chi connectivity index (χ0v) is 22.0. The van der Waals surface area contributed by atoms with Gasteiger partial charge < -0.3 is 15.0 Å². The first-order valence-electron chi connectivity index (χ1n) is 12.2. The maximum absolute atomic E-state index is 15.4. The summed E-state index contributed by atoms with van der Waals surface area (Å²) >= 11 is 0. The number of pyridine rings is 1. The number of aryl methyl sites for hydroxylation is 4. The fraction of sp³-hybridized carbons (Fsp3) is 0.393. The summed E-state index contributed by atoms with van der Waals surface area (Å²) in [6, 6.07) is 6.63. The number of hydrogen-bond acceptors (Lipinski definition) is 5. The first-order chi connectivity index (χ1) is 17.4. The second kappa shape index (κ2) is 11.5. The quantitative estimate of drug-likeness (QED) is 0.437. The van der Waals surface area contributed by atoms with E-state index >= 15 is 4.39 Å². The molecule has 1 amide bonds. The third kappa shape index (κ3) is 6.47. The Hall–Kier alpha value is -3.88. The molecule has 2 atom stereocenters. The molecule has 0 aliphatic rings. The molecule has 1 aromatic carbocycles. The molecule has 0 saturated carbocycles. The van der Waals surface area contributed by atoms with Gasteiger partial charge in [-0.2, -0.15) is 0 Å². The number of carboxylic acid groups (broad SMARTS) is 1. The zero-order valence-electron chi connectivity index (χ0n) is 22.0. The van der Waals surface area contributed by atoms with Crippen LogP contribution in [0.2, 0.25) is 0 Å². The van der Waals surface area contributed by atoms with E-state index < -0.39 is 36.2 Å².